The fourth-order valence-electron chi connectivity index (χ4n) is 0.166. The van der Waals surface area contributed by atoms with Gasteiger partial charge in [0.2, 0.25) is 0 Å². The van der Waals surface area contributed by atoms with Gasteiger partial charge in [0.25, 0.3) is 0 Å². The Labute approximate surface area is 41.5 Å². The molecule has 0 radical (unpaired) electrons. The van der Waals surface area contributed by atoms with Crippen molar-refractivity contribution in [3.8, 4) is 0 Å². The first-order valence-electron chi connectivity index (χ1n) is 1.77. The number of nitrogens with two attached hydrogens (primary N) is 1. The van der Waals surface area contributed by atoms with Gasteiger partial charge in [0.15, 0.2) is 0 Å². The first kappa shape index (κ1) is 6.10. The topological polar surface area (TPSA) is 58.7 Å². The van der Waals surface area contributed by atoms with Crippen molar-refractivity contribution >= 4 is 0 Å². The maximum absolute atomic E-state index is 9.40. The van der Waals surface area contributed by atoms with E-state index in [0.29, 0.717) is 6.54 Å². The molecule has 0 bridgehead atoms. The van der Waals surface area contributed by atoms with Crippen LogP contribution in [-0.2, 0) is 0 Å². The summed E-state index contributed by atoms with van der Waals surface area (Å²) < 4.78 is 0. The number of nitroso groups, excluding NO2 is 1. The molecule has 0 fully saturated rings. The number of hydrazine groups is 1. The van der Waals surface area contributed by atoms with Gasteiger partial charge in [0, 0.05) is 0 Å². The standard InChI is InChI=1S/C3H7N3O/c1-2-3-6(4)5-7/h2H,1,3-4H2. The SMILES string of the molecule is C=CCN(N)N=O. The van der Waals surface area contributed by atoms with Gasteiger partial charge in [-0.1, -0.05) is 6.08 Å². The van der Waals surface area contributed by atoms with E-state index < -0.39 is 0 Å². The molecule has 0 saturated heterocycles. The van der Waals surface area contributed by atoms with Gasteiger partial charge in [0.1, 0.15) is 0 Å². The van der Waals surface area contributed by atoms with Crippen molar-refractivity contribution in [2.75, 3.05) is 6.54 Å². The number of nitrogens with zero attached hydrogens (tertiary/aromatic N) is 2. The molecule has 0 aliphatic carbocycles. The summed E-state index contributed by atoms with van der Waals surface area (Å²) in [6, 6.07) is 0. The maximum Gasteiger partial charge on any atom is 0.0741 e. The summed E-state index contributed by atoms with van der Waals surface area (Å²) >= 11 is 0. The molecule has 2 N–H and O–H groups in total. The third kappa shape index (κ3) is 2.92. The third-order valence-corrected chi connectivity index (χ3v) is 0.421. The predicted octanol–water partition coefficient (Wildman–Crippen LogP) is 0.0295. The second kappa shape index (κ2) is 3.30. The molecule has 7 heavy (non-hydrogen) atoms. The molecular weight excluding hydrogens is 94.1 g/mol. The first-order valence-corrected chi connectivity index (χ1v) is 1.77. The van der Waals surface area contributed by atoms with Gasteiger partial charge in [-0.2, -0.15) is 5.12 Å². The Hall–Kier alpha value is -0.900. The van der Waals surface area contributed by atoms with Crippen molar-refractivity contribution in [2.45, 2.75) is 0 Å². The van der Waals surface area contributed by atoms with Crippen molar-refractivity contribution in [1.82, 2.24) is 5.12 Å². The molecule has 0 aromatic carbocycles. The van der Waals surface area contributed by atoms with Crippen LogP contribution in [-0.4, -0.2) is 11.7 Å². The van der Waals surface area contributed by atoms with E-state index in [2.05, 4.69) is 11.9 Å². The Bertz CT molecular complexity index is 72.6. The van der Waals surface area contributed by atoms with Crippen molar-refractivity contribution < 1.29 is 0 Å². The molecule has 0 aliphatic rings. The van der Waals surface area contributed by atoms with Crippen LogP contribution in [0, 0.1) is 4.91 Å². The fourth-order valence-corrected chi connectivity index (χ4v) is 0.166. The molecule has 0 unspecified atom stereocenters. The van der Waals surface area contributed by atoms with E-state index in [4.69, 9.17) is 5.84 Å². The van der Waals surface area contributed by atoms with Gasteiger partial charge in [0.05, 0.1) is 11.8 Å². The van der Waals surface area contributed by atoms with Crippen LogP contribution < -0.4 is 5.84 Å². The zero-order valence-electron chi connectivity index (χ0n) is 3.87. The molecule has 0 aromatic heterocycles. The Kier molecular flexibility index (Phi) is 2.87. The summed E-state index contributed by atoms with van der Waals surface area (Å²) in [6.07, 6.45) is 1.49. The van der Waals surface area contributed by atoms with E-state index in [0.717, 1.165) is 5.12 Å². The fraction of sp³-hybridized carbons (Fsp3) is 0.333. The summed E-state index contributed by atoms with van der Waals surface area (Å²) in [5.41, 5.74) is 0. The predicted molar refractivity (Wildman–Crippen MR) is 26.9 cm³/mol. The molecule has 0 spiro atoms. The highest BCUT2D eigenvalue weighted by Crippen LogP contribution is 1.73. The van der Waals surface area contributed by atoms with Crippen LogP contribution in [0.3, 0.4) is 0 Å². The molecular formula is C3H7N3O. The van der Waals surface area contributed by atoms with E-state index in [9.17, 15) is 4.91 Å². The zero-order valence-corrected chi connectivity index (χ0v) is 3.87. The maximum atomic E-state index is 9.40. The zero-order chi connectivity index (χ0) is 5.70. The van der Waals surface area contributed by atoms with Crippen molar-refractivity contribution in [3.05, 3.63) is 17.6 Å². The molecule has 0 amide bonds. The minimum absolute atomic E-state index is 0.295. The molecule has 0 aromatic rings. The lowest BCUT2D eigenvalue weighted by Crippen LogP contribution is -2.23. The molecule has 40 valence electrons. The molecule has 0 heterocycles. The lowest BCUT2D eigenvalue weighted by molar-refractivity contribution is 0.329. The average Bonchev–Trinajstić information content (AvgIpc) is 1.68. The van der Waals surface area contributed by atoms with Crippen LogP contribution in [0.4, 0.5) is 0 Å². The quantitative estimate of drug-likeness (QED) is 0.236. The van der Waals surface area contributed by atoms with Gasteiger partial charge < -0.3 is 0 Å². The Morgan fingerprint density at radius 3 is 2.71 bits per heavy atom. The molecule has 0 aliphatic heterocycles. The van der Waals surface area contributed by atoms with Crippen LogP contribution in [0.1, 0.15) is 0 Å². The Balaban J connectivity index is 3.15. The summed E-state index contributed by atoms with van der Waals surface area (Å²) in [4.78, 5) is 9.40. The smallest absolute Gasteiger partial charge is 0.0741 e. The molecule has 0 rings (SSSR count). The summed E-state index contributed by atoms with van der Waals surface area (Å²) in [5, 5.41) is 3.12. The monoisotopic (exact) mass is 101 g/mol. The molecule has 0 atom stereocenters. The van der Waals surface area contributed by atoms with Crippen LogP contribution in [0.2, 0.25) is 0 Å². The van der Waals surface area contributed by atoms with E-state index >= 15 is 0 Å². The number of rotatable bonds is 3. The minimum Gasteiger partial charge on any atom is -0.228 e. The largest absolute Gasteiger partial charge is 0.228 e. The van der Waals surface area contributed by atoms with E-state index in [-0.39, 0.29) is 0 Å². The Morgan fingerprint density at radius 2 is 2.57 bits per heavy atom. The van der Waals surface area contributed by atoms with E-state index in [1.165, 1.54) is 6.08 Å². The third-order valence-electron chi connectivity index (χ3n) is 0.421. The highest BCUT2D eigenvalue weighted by atomic mass is 16.3. The van der Waals surface area contributed by atoms with Crippen molar-refractivity contribution in [3.63, 3.8) is 0 Å². The summed E-state index contributed by atoms with van der Waals surface area (Å²) in [6.45, 7) is 3.62. The summed E-state index contributed by atoms with van der Waals surface area (Å²) in [7, 11) is 0. The van der Waals surface area contributed by atoms with Crippen LogP contribution in [0.25, 0.3) is 0 Å². The van der Waals surface area contributed by atoms with Crippen LogP contribution >= 0.6 is 0 Å². The van der Waals surface area contributed by atoms with Crippen molar-refractivity contribution in [2.24, 2.45) is 11.1 Å². The normalized spacial score (nSPS) is 7.57. The Morgan fingerprint density at radius 1 is 2.00 bits per heavy atom. The number of hydrogen-bond donors (Lipinski definition) is 1. The second-order valence-corrected chi connectivity index (χ2v) is 0.992. The van der Waals surface area contributed by atoms with Gasteiger partial charge in [-0.05, 0) is 0 Å². The van der Waals surface area contributed by atoms with Crippen LogP contribution in [0.15, 0.2) is 17.9 Å². The lowest BCUT2D eigenvalue weighted by atomic mass is 10.6. The van der Waals surface area contributed by atoms with Gasteiger partial charge in [-0.15, -0.1) is 11.5 Å². The van der Waals surface area contributed by atoms with Crippen LogP contribution in [0.5, 0.6) is 0 Å². The molecule has 0 saturated carbocycles. The minimum atomic E-state index is 0.295. The van der Waals surface area contributed by atoms with Gasteiger partial charge >= 0.3 is 0 Å². The molecule has 4 nitrogen and oxygen atoms in total. The van der Waals surface area contributed by atoms with E-state index in [1.54, 1.807) is 0 Å². The average molecular weight is 101 g/mol. The highest BCUT2D eigenvalue weighted by molar-refractivity contribution is 4.67. The lowest BCUT2D eigenvalue weighted by Gasteiger charge is -1.99. The summed E-state index contributed by atoms with van der Waals surface area (Å²) in [5.74, 6) is 4.87. The van der Waals surface area contributed by atoms with Gasteiger partial charge in [-0.3, -0.25) is 0 Å². The first-order chi connectivity index (χ1) is 3.31. The second-order valence-electron chi connectivity index (χ2n) is 0.992. The number of hydrogen-bond acceptors (Lipinski definition) is 3. The highest BCUT2D eigenvalue weighted by Gasteiger charge is 1.83. The molecule has 4 heteroatoms. The van der Waals surface area contributed by atoms with Crippen molar-refractivity contribution in [1.29, 1.82) is 0 Å². The van der Waals surface area contributed by atoms with Gasteiger partial charge in [-0.25, -0.2) is 5.84 Å². The van der Waals surface area contributed by atoms with E-state index in [1.807, 2.05) is 0 Å².